The van der Waals surface area contributed by atoms with Crippen LogP contribution in [0.1, 0.15) is 6.92 Å². The van der Waals surface area contributed by atoms with Crippen LogP contribution in [0.2, 0.25) is 0 Å². The van der Waals surface area contributed by atoms with Gasteiger partial charge in [-0.1, -0.05) is 6.92 Å². The number of aliphatic carboxylic acids is 1. The van der Waals surface area contributed by atoms with Crippen LogP contribution in [0.3, 0.4) is 0 Å². The van der Waals surface area contributed by atoms with Gasteiger partial charge in [-0.3, -0.25) is 4.79 Å². The summed E-state index contributed by atoms with van der Waals surface area (Å²) < 4.78 is 0. The van der Waals surface area contributed by atoms with Crippen molar-refractivity contribution in [2.45, 2.75) is 6.92 Å². The van der Waals surface area contributed by atoms with Crippen molar-refractivity contribution in [1.82, 2.24) is 0 Å². The summed E-state index contributed by atoms with van der Waals surface area (Å²) >= 11 is 0. The maximum atomic E-state index is 9.77. The minimum Gasteiger partial charge on any atom is -0.481 e. The molecule has 2 nitrogen and oxygen atoms in total. The molecule has 1 unspecified atom stereocenters. The van der Waals surface area contributed by atoms with Gasteiger partial charge in [0.2, 0.25) is 0 Å². The monoisotopic (exact) mass is 120 g/mol. The van der Waals surface area contributed by atoms with Crippen LogP contribution in [0.5, 0.6) is 0 Å². The Bertz CT molecular complexity index is 62.7. The van der Waals surface area contributed by atoms with E-state index in [0.717, 1.165) is 6.16 Å². The summed E-state index contributed by atoms with van der Waals surface area (Å²) in [5.41, 5.74) is 0. The molecule has 0 aromatic carbocycles. The van der Waals surface area contributed by atoms with Gasteiger partial charge in [-0.15, -0.1) is 8.58 Å². The van der Waals surface area contributed by atoms with Gasteiger partial charge in [0.1, 0.15) is 0 Å². The van der Waals surface area contributed by atoms with Gasteiger partial charge >= 0.3 is 5.97 Å². The Hall–Kier alpha value is -0.100. The summed E-state index contributed by atoms with van der Waals surface area (Å²) in [7, 11) is 0.596. The average Bonchev–Trinajstić information content (AvgIpc) is 1.61. The Labute approximate surface area is 44.7 Å². The van der Waals surface area contributed by atoms with Crippen LogP contribution in [0, 0.1) is 0 Å². The molecule has 0 aliphatic rings. The molecule has 0 bridgehead atoms. The second-order valence-corrected chi connectivity index (χ2v) is 2.73. The van der Waals surface area contributed by atoms with Gasteiger partial charge in [0.25, 0.3) is 0 Å². The van der Waals surface area contributed by atoms with Gasteiger partial charge in [0.05, 0.1) is 6.16 Å². The van der Waals surface area contributed by atoms with E-state index in [0.29, 0.717) is 14.7 Å². The van der Waals surface area contributed by atoms with Gasteiger partial charge in [-0.05, 0) is 6.16 Å². The van der Waals surface area contributed by atoms with Crippen molar-refractivity contribution in [1.29, 1.82) is 0 Å². The Morgan fingerprint density at radius 3 is 2.57 bits per heavy atom. The molecule has 0 amide bonds. The molecular weight excluding hydrogens is 111 g/mol. The molecule has 0 fully saturated rings. The minimum atomic E-state index is -0.680. The van der Waals surface area contributed by atoms with E-state index in [1.54, 1.807) is 0 Å². The molecule has 0 aromatic rings. The van der Waals surface area contributed by atoms with Crippen LogP contribution in [0.15, 0.2) is 0 Å². The first kappa shape index (κ1) is 6.90. The third-order valence-corrected chi connectivity index (χ3v) is 1.58. The van der Waals surface area contributed by atoms with Crippen molar-refractivity contribution in [3.8, 4) is 0 Å². The average molecular weight is 120 g/mol. The lowest BCUT2D eigenvalue weighted by Crippen LogP contribution is -1.95. The van der Waals surface area contributed by atoms with Crippen molar-refractivity contribution in [3.63, 3.8) is 0 Å². The number of hydrogen-bond acceptors (Lipinski definition) is 1. The first-order valence-electron chi connectivity index (χ1n) is 2.20. The SMILES string of the molecule is CCPCC(=O)O. The molecule has 3 heteroatoms. The topological polar surface area (TPSA) is 37.3 Å². The molecule has 0 heterocycles. The fourth-order valence-corrected chi connectivity index (χ4v) is 0.696. The molecule has 42 valence electrons. The first-order valence-corrected chi connectivity index (χ1v) is 3.61. The van der Waals surface area contributed by atoms with Crippen LogP contribution < -0.4 is 0 Å². The van der Waals surface area contributed by atoms with Crippen molar-refractivity contribution in [2.75, 3.05) is 12.3 Å². The molecule has 7 heavy (non-hydrogen) atoms. The predicted octanol–water partition coefficient (Wildman–Crippen LogP) is 0.769. The molecule has 0 aromatic heterocycles. The zero-order valence-electron chi connectivity index (χ0n) is 4.27. The quantitative estimate of drug-likeness (QED) is 0.558. The molecule has 0 aliphatic heterocycles. The summed E-state index contributed by atoms with van der Waals surface area (Å²) in [6.07, 6.45) is 1.34. The van der Waals surface area contributed by atoms with Crippen molar-refractivity contribution < 1.29 is 9.90 Å². The Balaban J connectivity index is 2.82. The zero-order valence-corrected chi connectivity index (χ0v) is 5.27. The van der Waals surface area contributed by atoms with E-state index in [2.05, 4.69) is 0 Å². The highest BCUT2D eigenvalue weighted by atomic mass is 31.1. The van der Waals surface area contributed by atoms with E-state index in [-0.39, 0.29) is 0 Å². The largest absolute Gasteiger partial charge is 0.481 e. The smallest absolute Gasteiger partial charge is 0.307 e. The van der Waals surface area contributed by atoms with Crippen LogP contribution in [-0.2, 0) is 4.79 Å². The van der Waals surface area contributed by atoms with Gasteiger partial charge in [-0.25, -0.2) is 0 Å². The van der Waals surface area contributed by atoms with E-state index in [9.17, 15) is 4.79 Å². The molecular formula is C4H9O2P. The molecule has 0 saturated carbocycles. The molecule has 0 radical (unpaired) electrons. The molecule has 1 N–H and O–H groups in total. The zero-order chi connectivity index (χ0) is 5.70. The second-order valence-electron chi connectivity index (χ2n) is 1.17. The van der Waals surface area contributed by atoms with Crippen LogP contribution in [0.25, 0.3) is 0 Å². The second kappa shape index (κ2) is 4.07. The van der Waals surface area contributed by atoms with E-state index in [1.165, 1.54) is 0 Å². The molecule has 0 aliphatic carbocycles. The summed E-state index contributed by atoms with van der Waals surface area (Å²) in [6.45, 7) is 1.99. The highest BCUT2D eigenvalue weighted by molar-refractivity contribution is 7.39. The number of hydrogen-bond donors (Lipinski definition) is 1. The molecule has 0 spiro atoms. The minimum absolute atomic E-state index is 0.344. The Morgan fingerprint density at radius 2 is 2.43 bits per heavy atom. The molecule has 1 atom stereocenters. The molecule has 0 rings (SSSR count). The third-order valence-electron chi connectivity index (χ3n) is 0.526. The third kappa shape index (κ3) is 5.90. The Kier molecular flexibility index (Phi) is 4.01. The Morgan fingerprint density at radius 1 is 1.86 bits per heavy atom. The van der Waals surface area contributed by atoms with E-state index in [1.807, 2.05) is 6.92 Å². The number of carboxylic acids is 1. The lowest BCUT2D eigenvalue weighted by molar-refractivity contribution is -0.133. The van der Waals surface area contributed by atoms with E-state index in [4.69, 9.17) is 5.11 Å². The van der Waals surface area contributed by atoms with Crippen LogP contribution >= 0.6 is 8.58 Å². The van der Waals surface area contributed by atoms with Gasteiger partial charge in [0, 0.05) is 0 Å². The summed E-state index contributed by atoms with van der Waals surface area (Å²) in [5, 5.41) is 8.05. The fourth-order valence-electron chi connectivity index (χ4n) is 0.232. The number of rotatable bonds is 3. The highest BCUT2D eigenvalue weighted by Gasteiger charge is 1.90. The van der Waals surface area contributed by atoms with E-state index < -0.39 is 5.97 Å². The van der Waals surface area contributed by atoms with Gasteiger partial charge in [0.15, 0.2) is 0 Å². The maximum absolute atomic E-state index is 9.77. The normalized spacial score (nSPS) is 10.4. The van der Waals surface area contributed by atoms with Crippen molar-refractivity contribution in [2.24, 2.45) is 0 Å². The van der Waals surface area contributed by atoms with Gasteiger partial charge in [-0.2, -0.15) is 0 Å². The standard InChI is InChI=1S/C4H9O2P/c1-2-7-3-4(5)6/h7H,2-3H2,1H3,(H,5,6). The predicted molar refractivity (Wildman–Crippen MR) is 31.4 cm³/mol. The summed E-state index contributed by atoms with van der Waals surface area (Å²) in [6, 6.07) is 0. The summed E-state index contributed by atoms with van der Waals surface area (Å²) in [4.78, 5) is 9.77. The number of carbonyl (C=O) groups is 1. The van der Waals surface area contributed by atoms with Crippen molar-refractivity contribution >= 4 is 14.6 Å². The van der Waals surface area contributed by atoms with Crippen LogP contribution in [0.4, 0.5) is 0 Å². The maximum Gasteiger partial charge on any atom is 0.307 e. The lowest BCUT2D eigenvalue weighted by atomic mass is 10.8. The van der Waals surface area contributed by atoms with E-state index >= 15 is 0 Å². The van der Waals surface area contributed by atoms with Gasteiger partial charge < -0.3 is 5.11 Å². The highest BCUT2D eigenvalue weighted by Crippen LogP contribution is 2.05. The summed E-state index contributed by atoms with van der Waals surface area (Å²) in [5.74, 6) is -0.680. The lowest BCUT2D eigenvalue weighted by Gasteiger charge is -1.86. The first-order chi connectivity index (χ1) is 3.27. The van der Waals surface area contributed by atoms with Crippen molar-refractivity contribution in [3.05, 3.63) is 0 Å². The molecule has 0 saturated heterocycles. The number of carboxylic acid groups (broad SMARTS) is 1. The van der Waals surface area contributed by atoms with Crippen LogP contribution in [-0.4, -0.2) is 23.4 Å². The fraction of sp³-hybridized carbons (Fsp3) is 0.750.